The summed E-state index contributed by atoms with van der Waals surface area (Å²) in [6.45, 7) is 0.261. The lowest BCUT2D eigenvalue weighted by molar-refractivity contribution is 0.505. The number of hydrogen-bond donors (Lipinski definition) is 0. The lowest BCUT2D eigenvalue weighted by Gasteiger charge is -2.16. The van der Waals surface area contributed by atoms with E-state index in [0.717, 1.165) is 6.26 Å². The quantitative estimate of drug-likeness (QED) is 0.254. The van der Waals surface area contributed by atoms with Crippen LogP contribution in [0.2, 0.25) is 0 Å². The summed E-state index contributed by atoms with van der Waals surface area (Å²) in [5.74, 6) is -1.28. The fraction of sp³-hybridized carbons (Fsp3) is 0.100. The van der Waals surface area contributed by atoms with E-state index in [1.54, 1.807) is 41.1 Å². The Bertz CT molecular complexity index is 1790. The van der Waals surface area contributed by atoms with Crippen molar-refractivity contribution in [2.24, 2.45) is 0 Å². The zero-order valence-electron chi connectivity index (χ0n) is 20.8. The Morgan fingerprint density at radius 2 is 1.00 bits per heavy atom. The first-order valence-corrected chi connectivity index (χ1v) is 13.9. The van der Waals surface area contributed by atoms with Gasteiger partial charge in [-0.1, -0.05) is 48.5 Å². The Labute approximate surface area is 223 Å². The van der Waals surface area contributed by atoms with Gasteiger partial charge in [0.25, 0.3) is 5.56 Å². The van der Waals surface area contributed by atoms with Gasteiger partial charge >= 0.3 is 0 Å². The van der Waals surface area contributed by atoms with Crippen LogP contribution >= 0.6 is 0 Å². The summed E-state index contributed by atoms with van der Waals surface area (Å²) in [5.41, 5.74) is 2.77. The summed E-state index contributed by atoms with van der Waals surface area (Å²) in [4.78, 5) is 14.1. The highest BCUT2D eigenvalue weighted by atomic mass is 32.2. The zero-order chi connectivity index (χ0) is 27.7. The largest absolute Gasteiger partial charge is 0.277 e. The first-order valence-electron chi connectivity index (χ1n) is 12.0. The molecule has 0 saturated carbocycles. The fourth-order valence-electron chi connectivity index (χ4n) is 4.47. The average molecular weight is 549 g/mol. The average Bonchev–Trinajstić information content (AvgIpc) is 3.17. The molecule has 0 N–H and O–H groups in total. The van der Waals surface area contributed by atoms with Crippen LogP contribution in [0.4, 0.5) is 13.2 Å². The van der Waals surface area contributed by atoms with Gasteiger partial charge in [-0.05, 0) is 65.2 Å². The monoisotopic (exact) mass is 548 g/mol. The highest BCUT2D eigenvalue weighted by Crippen LogP contribution is 2.32. The van der Waals surface area contributed by atoms with Crippen LogP contribution < -0.4 is 5.56 Å². The Morgan fingerprint density at radius 3 is 1.46 bits per heavy atom. The Hall–Kier alpha value is -4.37. The maximum absolute atomic E-state index is 14.0. The second kappa shape index (κ2) is 10.4. The van der Waals surface area contributed by atoms with Crippen molar-refractivity contribution in [1.82, 2.24) is 9.36 Å². The van der Waals surface area contributed by atoms with E-state index in [4.69, 9.17) is 0 Å². The molecule has 0 fully saturated rings. The van der Waals surface area contributed by atoms with Crippen LogP contribution in [0.3, 0.4) is 0 Å². The van der Waals surface area contributed by atoms with Gasteiger partial charge in [0.15, 0.2) is 9.84 Å². The van der Waals surface area contributed by atoms with E-state index < -0.39 is 27.3 Å². The molecule has 0 atom stereocenters. The van der Waals surface area contributed by atoms with E-state index >= 15 is 0 Å². The molecule has 0 bridgehead atoms. The van der Waals surface area contributed by atoms with Crippen LogP contribution in [0.15, 0.2) is 107 Å². The van der Waals surface area contributed by atoms with Gasteiger partial charge in [-0.25, -0.2) is 26.3 Å². The van der Waals surface area contributed by atoms with Crippen molar-refractivity contribution in [3.05, 3.63) is 136 Å². The topological polar surface area (TPSA) is 61.1 Å². The zero-order valence-corrected chi connectivity index (χ0v) is 21.6. The molecule has 0 aliphatic carbocycles. The summed E-state index contributed by atoms with van der Waals surface area (Å²) in [6.07, 6.45) is 1.11. The molecule has 5 nitrogen and oxygen atoms in total. The van der Waals surface area contributed by atoms with Gasteiger partial charge in [-0.2, -0.15) is 0 Å². The molecular formula is C30H23F3N2O3S. The van der Waals surface area contributed by atoms with Crippen LogP contribution in [0.5, 0.6) is 0 Å². The van der Waals surface area contributed by atoms with Crippen molar-refractivity contribution >= 4 is 9.84 Å². The van der Waals surface area contributed by atoms with E-state index in [1.807, 2.05) is 0 Å². The fourth-order valence-corrected chi connectivity index (χ4v) is 5.10. The minimum Gasteiger partial charge on any atom is -0.277 e. The summed E-state index contributed by atoms with van der Waals surface area (Å²) < 4.78 is 68.4. The van der Waals surface area contributed by atoms with Crippen molar-refractivity contribution in [3.63, 3.8) is 0 Å². The molecule has 4 aromatic carbocycles. The first kappa shape index (κ1) is 26.2. The summed E-state index contributed by atoms with van der Waals surface area (Å²) in [5, 5.41) is 0. The Balaban J connectivity index is 1.78. The summed E-state index contributed by atoms with van der Waals surface area (Å²) in [6, 6.07) is 23.3. The molecule has 0 amide bonds. The van der Waals surface area contributed by atoms with Gasteiger partial charge in [0.05, 0.1) is 29.2 Å². The summed E-state index contributed by atoms with van der Waals surface area (Å²) in [7, 11) is -3.46. The molecule has 1 aromatic heterocycles. The third-order valence-electron chi connectivity index (χ3n) is 6.41. The highest BCUT2D eigenvalue weighted by molar-refractivity contribution is 7.90. The molecular weight excluding hydrogens is 525 g/mol. The van der Waals surface area contributed by atoms with E-state index in [2.05, 4.69) is 0 Å². The second-order valence-corrected chi connectivity index (χ2v) is 11.2. The van der Waals surface area contributed by atoms with Crippen LogP contribution in [-0.2, 0) is 22.9 Å². The first-order chi connectivity index (χ1) is 18.6. The standard InChI is InChI=1S/C30H23F3N2O3S/c1-39(37,38)27-16-8-23(9-17-27)29-28(22-6-14-26(33)15-7-22)30(36)35(19-21-4-12-25(32)13-5-21)34(29)18-20-2-10-24(31)11-3-20/h2-17H,18-19H2,1H3. The molecule has 9 heteroatoms. The normalized spacial score (nSPS) is 11.6. The van der Waals surface area contributed by atoms with Gasteiger partial charge in [-0.3, -0.25) is 9.48 Å². The van der Waals surface area contributed by atoms with Gasteiger partial charge in [0, 0.05) is 11.8 Å². The van der Waals surface area contributed by atoms with Gasteiger partial charge in [0.1, 0.15) is 17.5 Å². The molecule has 0 radical (unpaired) electrons. The minimum atomic E-state index is -3.46. The number of rotatable bonds is 7. The van der Waals surface area contributed by atoms with Crippen molar-refractivity contribution < 1.29 is 21.6 Å². The predicted octanol–water partition coefficient (Wildman–Crippen LogP) is 5.90. The molecule has 1 heterocycles. The predicted molar refractivity (Wildman–Crippen MR) is 144 cm³/mol. The SMILES string of the molecule is CS(=O)(=O)c1ccc(-c2c(-c3ccc(F)cc3)c(=O)n(Cc3ccc(F)cc3)n2Cc2ccc(F)cc2)cc1. The molecule has 0 spiro atoms. The van der Waals surface area contributed by atoms with Gasteiger partial charge < -0.3 is 0 Å². The van der Waals surface area contributed by atoms with Crippen LogP contribution in [0, 0.1) is 17.5 Å². The smallest absolute Gasteiger partial charge is 0.275 e. The summed E-state index contributed by atoms with van der Waals surface area (Å²) >= 11 is 0. The van der Waals surface area contributed by atoms with E-state index in [9.17, 15) is 26.4 Å². The van der Waals surface area contributed by atoms with Crippen molar-refractivity contribution in [1.29, 1.82) is 0 Å². The van der Waals surface area contributed by atoms with Gasteiger partial charge in [-0.15, -0.1) is 0 Å². The lowest BCUT2D eigenvalue weighted by atomic mass is 10.0. The lowest BCUT2D eigenvalue weighted by Crippen LogP contribution is -2.25. The third-order valence-corrected chi connectivity index (χ3v) is 7.54. The molecule has 198 valence electrons. The number of benzene rings is 4. The highest BCUT2D eigenvalue weighted by Gasteiger charge is 2.24. The van der Waals surface area contributed by atoms with Crippen molar-refractivity contribution in [2.75, 3.05) is 6.26 Å². The number of aromatic nitrogens is 2. The number of hydrogen-bond acceptors (Lipinski definition) is 3. The number of sulfone groups is 1. The molecule has 5 rings (SSSR count). The third kappa shape index (κ3) is 5.58. The van der Waals surface area contributed by atoms with Crippen LogP contribution in [-0.4, -0.2) is 24.0 Å². The Kier molecular flexibility index (Phi) is 7.01. The van der Waals surface area contributed by atoms with E-state index in [-0.39, 0.29) is 29.1 Å². The maximum Gasteiger partial charge on any atom is 0.275 e. The number of nitrogens with zero attached hydrogens (tertiary/aromatic N) is 2. The molecule has 5 aromatic rings. The Morgan fingerprint density at radius 1 is 0.590 bits per heavy atom. The molecule has 0 saturated heterocycles. The molecule has 0 aliphatic heterocycles. The van der Waals surface area contributed by atoms with Crippen LogP contribution in [0.1, 0.15) is 11.1 Å². The van der Waals surface area contributed by atoms with E-state index in [1.165, 1.54) is 65.3 Å². The van der Waals surface area contributed by atoms with Gasteiger partial charge in [0.2, 0.25) is 0 Å². The van der Waals surface area contributed by atoms with Crippen molar-refractivity contribution in [2.45, 2.75) is 18.0 Å². The maximum atomic E-state index is 14.0. The minimum absolute atomic E-state index is 0.0932. The second-order valence-electron chi connectivity index (χ2n) is 9.20. The molecule has 0 aliphatic rings. The number of halogens is 3. The molecule has 39 heavy (non-hydrogen) atoms. The van der Waals surface area contributed by atoms with E-state index in [0.29, 0.717) is 27.9 Å². The molecule has 0 unspecified atom stereocenters. The van der Waals surface area contributed by atoms with Crippen molar-refractivity contribution in [3.8, 4) is 22.4 Å². The van der Waals surface area contributed by atoms with Crippen LogP contribution in [0.25, 0.3) is 22.4 Å².